The molecule has 0 amide bonds. The summed E-state index contributed by atoms with van der Waals surface area (Å²) in [5.41, 5.74) is 7.40. The first-order valence-corrected chi connectivity index (χ1v) is 29.7. The molecule has 0 radical (unpaired) electrons. The third-order valence-electron chi connectivity index (χ3n) is 16.1. The summed E-state index contributed by atoms with van der Waals surface area (Å²) in [6, 6.07) is 41.7. The lowest BCUT2D eigenvalue weighted by Gasteiger charge is -2.20. The van der Waals surface area contributed by atoms with E-state index in [-0.39, 0.29) is 111 Å². The Morgan fingerprint density at radius 1 is 0.297 bits per heavy atom. The number of benzene rings is 8. The topological polar surface area (TPSA) is 11.6 Å². The van der Waals surface area contributed by atoms with Crippen LogP contribution < -0.4 is 13.7 Å². The normalized spacial score (nSPS) is 18.7. The van der Waals surface area contributed by atoms with Gasteiger partial charge in [0.1, 0.15) is 21.1 Å². The van der Waals surface area contributed by atoms with Crippen LogP contribution in [0.5, 0.6) is 0 Å². The fourth-order valence-corrected chi connectivity index (χ4v) is 11.5. The van der Waals surface area contributed by atoms with Gasteiger partial charge in [-0.05, 0) is 269 Å². The number of pyridine rings is 3. The zero-order chi connectivity index (χ0) is 95.4. The van der Waals surface area contributed by atoms with Crippen LogP contribution in [0.1, 0.15) is 169 Å². The Bertz CT molecular complexity index is 5910. The van der Waals surface area contributed by atoms with Crippen LogP contribution >= 0.6 is 0 Å². The molecule has 3 aromatic heterocycles. The molecule has 0 saturated heterocycles. The Morgan fingerprint density at radius 2 is 0.670 bits per heavy atom. The summed E-state index contributed by atoms with van der Waals surface area (Å²) in [5, 5.41) is 0. The highest BCUT2D eigenvalue weighted by Crippen LogP contribution is 2.39. The van der Waals surface area contributed by atoms with E-state index in [1.54, 1.807) is 145 Å². The highest BCUT2D eigenvalue weighted by atomic mass is 14.9. The Balaban J connectivity index is 0.000000216. The molecule has 3 heterocycles. The van der Waals surface area contributed by atoms with Gasteiger partial charge in [-0.25, -0.2) is 13.7 Å². The third kappa shape index (κ3) is 14.9. The van der Waals surface area contributed by atoms with E-state index in [0.717, 1.165) is 11.1 Å². The van der Waals surface area contributed by atoms with Gasteiger partial charge in [-0.15, -0.1) is 0 Å². The predicted molar refractivity (Wildman–Crippen MR) is 390 cm³/mol. The number of aromatic nitrogens is 3. The summed E-state index contributed by atoms with van der Waals surface area (Å²) >= 11 is 0. The molecule has 464 valence electrons. The fraction of sp³-hybridized carbons (Fsp3) is 0.284. The molecule has 0 aliphatic heterocycles. The first kappa shape index (κ1) is 34.6. The molecule has 3 heteroatoms. The monoisotopic (exact) mass is 1230 g/mol. The average Bonchev–Trinajstić information content (AvgIpc) is 0.827. The first-order chi connectivity index (χ1) is 57.1. The van der Waals surface area contributed by atoms with E-state index in [1.165, 1.54) is 83.8 Å². The zero-order valence-corrected chi connectivity index (χ0v) is 53.6. The summed E-state index contributed by atoms with van der Waals surface area (Å²) in [6.45, 7) is -12.9. The van der Waals surface area contributed by atoms with E-state index in [1.807, 2.05) is 44.2 Å². The highest BCUT2D eigenvalue weighted by molar-refractivity contribution is 5.83. The molecule has 0 aliphatic carbocycles. The van der Waals surface area contributed by atoms with E-state index < -0.39 is 87.2 Å². The van der Waals surface area contributed by atoms with Gasteiger partial charge in [0.15, 0.2) is 18.6 Å². The molecule has 0 bridgehead atoms. The van der Waals surface area contributed by atoms with E-state index in [9.17, 15) is 0 Å². The lowest BCUT2D eigenvalue weighted by molar-refractivity contribution is -0.660. The number of aryl methyl sites for hydroxylation is 20. The standard InChI is InChI=1S/C31H34N.C30H32N.C27H34N/c1-19-13-23(5)31(24(6)14-19)29-17-30(32(8)18-25(29)7)28-16-27(21(3)15-22(28)4)26-12-10-9-11-20(26)2;1-19-12-13-26(21(3)14-19)28-17-30(31(7)18-24(28)6)29-16-27(22(4)15-23(29)5)25-11-9-8-10-20(25)2;1-18-9-11-22(12-10-18)24-15-25(20(3)13-19(24)2)26-14-23(16-27(5,6)7)21(4)17-28(26)8/h9-18H,1-8H3;8-18H,1-7H3;9-15,17H,16H2,1-8H3/q3*+1/i2D3,3D3,5D3,6D3,7D3;2D3,3D3,4D3,6D3;2D3,4D3,16D2. The maximum absolute atomic E-state index is 8.87. The van der Waals surface area contributed by atoms with Crippen LogP contribution in [-0.4, -0.2) is 0 Å². The molecule has 0 N–H and O–H groups in total. The van der Waals surface area contributed by atoms with Gasteiger partial charge < -0.3 is 0 Å². The van der Waals surface area contributed by atoms with Crippen molar-refractivity contribution in [3.05, 3.63) is 276 Å². The van der Waals surface area contributed by atoms with E-state index in [4.69, 9.17) is 48.0 Å². The lowest BCUT2D eigenvalue weighted by Crippen LogP contribution is -2.32. The summed E-state index contributed by atoms with van der Waals surface area (Å²) in [5.74, 6) is 0. The van der Waals surface area contributed by atoms with Gasteiger partial charge in [0.2, 0.25) is 17.1 Å². The molecule has 0 aliphatic rings. The van der Waals surface area contributed by atoms with E-state index >= 15 is 0 Å². The zero-order valence-electron chi connectivity index (χ0n) is 88.6. The summed E-state index contributed by atoms with van der Waals surface area (Å²) in [6.07, 6.45) is 2.27. The van der Waals surface area contributed by atoms with Gasteiger partial charge in [0.25, 0.3) is 0 Å². The van der Waals surface area contributed by atoms with Gasteiger partial charge in [-0.1, -0.05) is 159 Å². The van der Waals surface area contributed by atoms with Crippen LogP contribution in [-0.2, 0) is 27.5 Å². The van der Waals surface area contributed by atoms with Gasteiger partial charge in [-0.2, -0.15) is 0 Å². The molecule has 0 fully saturated rings. The van der Waals surface area contributed by atoms with Crippen molar-refractivity contribution in [2.75, 3.05) is 0 Å². The molecule has 11 rings (SSSR count). The number of hydrogen-bond donors (Lipinski definition) is 0. The maximum Gasteiger partial charge on any atom is 0.213 e. The third-order valence-corrected chi connectivity index (χ3v) is 16.1. The molecule has 91 heavy (non-hydrogen) atoms. The quantitative estimate of drug-likeness (QED) is 0.128. The molecule has 0 unspecified atom stereocenters. The van der Waals surface area contributed by atoms with Crippen LogP contribution in [0.3, 0.4) is 0 Å². The van der Waals surface area contributed by atoms with E-state index in [0.29, 0.717) is 67.2 Å². The van der Waals surface area contributed by atoms with Crippen LogP contribution in [0.4, 0.5) is 0 Å². The fourth-order valence-electron chi connectivity index (χ4n) is 11.5. The predicted octanol–water partition coefficient (Wildman–Crippen LogP) is 21.7. The largest absolute Gasteiger partial charge is 0.213 e. The summed E-state index contributed by atoms with van der Waals surface area (Å²) in [7, 11) is 4.94. The molecule has 3 nitrogen and oxygen atoms in total. The minimum atomic E-state index is -2.81. The molecular formula is C88H100N3+3. The maximum atomic E-state index is 8.87. The molecule has 11 aromatic rings. The van der Waals surface area contributed by atoms with Crippen molar-refractivity contribution < 1.29 is 61.7 Å². The molecule has 8 aromatic carbocycles. The van der Waals surface area contributed by atoms with Gasteiger partial charge in [-0.3, -0.25) is 0 Å². The van der Waals surface area contributed by atoms with Crippen molar-refractivity contribution in [2.45, 2.75) is 144 Å². The van der Waals surface area contributed by atoms with Crippen molar-refractivity contribution in [3.8, 4) is 89.4 Å². The Kier molecular flexibility index (Phi) is 10.4. The summed E-state index contributed by atoms with van der Waals surface area (Å²) < 4.78 is 293. The Hall–Kier alpha value is -8.79. The number of rotatable bonds is 9. The first-order valence-electron chi connectivity index (χ1n) is 47.2. The average molecular weight is 1240 g/mol. The van der Waals surface area contributed by atoms with Crippen molar-refractivity contribution in [1.29, 1.82) is 0 Å². The van der Waals surface area contributed by atoms with Crippen molar-refractivity contribution in [2.24, 2.45) is 26.6 Å². The van der Waals surface area contributed by atoms with Crippen molar-refractivity contribution >= 4 is 0 Å². The van der Waals surface area contributed by atoms with Crippen molar-refractivity contribution in [3.63, 3.8) is 0 Å². The van der Waals surface area contributed by atoms with E-state index in [2.05, 4.69) is 0 Å². The van der Waals surface area contributed by atoms with Crippen LogP contribution in [0, 0.1) is 122 Å². The van der Waals surface area contributed by atoms with Crippen molar-refractivity contribution in [1.82, 2.24) is 0 Å². The van der Waals surface area contributed by atoms with Gasteiger partial charge in [0, 0.05) is 99.6 Å². The molecule has 0 spiro atoms. The minimum Gasteiger partial charge on any atom is -0.201 e. The van der Waals surface area contributed by atoms with Crippen LogP contribution in [0.15, 0.2) is 176 Å². The number of hydrogen-bond acceptors (Lipinski definition) is 0. The molecule has 0 atom stereocenters. The second-order valence-corrected chi connectivity index (χ2v) is 24.5. The number of nitrogens with zero attached hydrogens (tertiary/aromatic N) is 3. The van der Waals surface area contributed by atoms with Gasteiger partial charge >= 0.3 is 0 Å². The van der Waals surface area contributed by atoms with Gasteiger partial charge in [0.05, 0.1) is 0 Å². The molecule has 0 saturated carbocycles. The van der Waals surface area contributed by atoms with Crippen LogP contribution in [0.2, 0.25) is 0 Å². The molecular weight excluding hydrogens is 1100 g/mol. The minimum absolute atomic E-state index is 0.0000846. The Labute approximate surface area is 597 Å². The smallest absolute Gasteiger partial charge is 0.201 e. The summed E-state index contributed by atoms with van der Waals surface area (Å²) in [4.78, 5) is 0. The Morgan fingerprint density at radius 3 is 1.15 bits per heavy atom. The lowest BCUT2D eigenvalue weighted by atomic mass is 9.86. The second kappa shape index (κ2) is 27.4. The highest BCUT2D eigenvalue weighted by Gasteiger charge is 2.25. The second-order valence-electron chi connectivity index (χ2n) is 24.5. The SMILES string of the molecule is [2H]C([2H])([2H])c1cc(C)c(-c2cc(C([2H])([2H])C(C)(C)C)c(C([2H])([2H])[2H])c[n+]2C)cc1-c1ccc(C)cc1.[2H]C([2H])([2H])c1ccccc1-c1cc(-c2cc(-c3c(C([2H])([2H])[2H])cc(C)cc3C([2H])([2H])[2H])c(C([2H])([2H])[2H])c[n+]2C)c(C)cc1C([2H])([2H])[2H].[2H]C([2H])([2H])c1ccccc1-c1cc(-c2cc(-c3ccc(C)cc3C([2H])([2H])[2H])c(C([2H])([2H])[2H])c[n+]2C)c(C)cc1C([2H])([2H])[2H]. The van der Waals surface area contributed by atoms with Crippen LogP contribution in [0.25, 0.3) is 89.4 Å².